The average molecular weight is 431 g/mol. The molecule has 2 fully saturated rings. The molecule has 1 aliphatic heterocycles. The second-order valence-corrected chi connectivity index (χ2v) is 8.90. The summed E-state index contributed by atoms with van der Waals surface area (Å²) in [7, 11) is 1.68. The van der Waals surface area contributed by atoms with Crippen molar-refractivity contribution in [2.75, 3.05) is 20.2 Å². The molecule has 0 unspecified atom stereocenters. The van der Waals surface area contributed by atoms with E-state index in [1.54, 1.807) is 7.11 Å². The van der Waals surface area contributed by atoms with Crippen molar-refractivity contribution < 1.29 is 14.3 Å². The number of pyridine rings is 1. The summed E-state index contributed by atoms with van der Waals surface area (Å²) >= 11 is 0. The van der Waals surface area contributed by atoms with Crippen LogP contribution >= 0.6 is 0 Å². The summed E-state index contributed by atoms with van der Waals surface area (Å²) in [6, 6.07) is 16.2. The number of methoxy groups -OCH3 is 1. The SMILES string of the molecule is COc1cccc2ncc(-c3ccc(OC4CCN(C(=O)C5CCCC5)CC4)cc3)cc12. The molecule has 2 heterocycles. The lowest BCUT2D eigenvalue weighted by Gasteiger charge is -2.33. The molecule has 1 amide bonds. The van der Waals surface area contributed by atoms with Crippen LogP contribution in [0.5, 0.6) is 11.5 Å². The number of amides is 1. The molecular formula is C27H30N2O3. The number of hydrogen-bond acceptors (Lipinski definition) is 4. The fourth-order valence-electron chi connectivity index (χ4n) is 5.00. The molecule has 0 bridgehead atoms. The lowest BCUT2D eigenvalue weighted by molar-refractivity contribution is -0.137. The van der Waals surface area contributed by atoms with Crippen LogP contribution in [0.2, 0.25) is 0 Å². The first-order valence-electron chi connectivity index (χ1n) is 11.7. The van der Waals surface area contributed by atoms with Gasteiger partial charge in [-0.05, 0) is 48.7 Å². The van der Waals surface area contributed by atoms with Gasteiger partial charge in [0.25, 0.3) is 0 Å². The van der Waals surface area contributed by atoms with E-state index in [9.17, 15) is 4.79 Å². The smallest absolute Gasteiger partial charge is 0.225 e. The minimum Gasteiger partial charge on any atom is -0.496 e. The van der Waals surface area contributed by atoms with Gasteiger partial charge in [0.1, 0.15) is 17.6 Å². The molecule has 166 valence electrons. The highest BCUT2D eigenvalue weighted by Crippen LogP contribution is 2.31. The van der Waals surface area contributed by atoms with Gasteiger partial charge in [0.05, 0.1) is 12.6 Å². The van der Waals surface area contributed by atoms with Crippen LogP contribution in [0, 0.1) is 5.92 Å². The fraction of sp³-hybridized carbons (Fsp3) is 0.407. The number of hydrogen-bond donors (Lipinski definition) is 0. The molecule has 2 aromatic carbocycles. The standard InChI is InChI=1S/C27H30N2O3/c1-31-26-8-4-7-25-24(26)17-21(18-28-25)19-9-11-22(12-10-19)32-23-13-15-29(16-14-23)27(30)20-5-2-3-6-20/h4,7-12,17-18,20,23H,2-3,5-6,13-16H2,1H3. The van der Waals surface area contributed by atoms with Crippen LogP contribution in [-0.4, -0.2) is 42.1 Å². The summed E-state index contributed by atoms with van der Waals surface area (Å²) in [6.07, 6.45) is 8.41. The van der Waals surface area contributed by atoms with E-state index in [1.807, 2.05) is 36.5 Å². The molecule has 0 N–H and O–H groups in total. The highest BCUT2D eigenvalue weighted by atomic mass is 16.5. The van der Waals surface area contributed by atoms with Gasteiger partial charge in [-0.25, -0.2) is 0 Å². The van der Waals surface area contributed by atoms with Gasteiger partial charge < -0.3 is 14.4 Å². The Bertz CT molecular complexity index is 1080. The molecule has 0 atom stereocenters. The number of piperidine rings is 1. The highest BCUT2D eigenvalue weighted by molar-refractivity contribution is 5.88. The van der Waals surface area contributed by atoms with Crippen molar-refractivity contribution in [2.24, 2.45) is 5.92 Å². The lowest BCUT2D eigenvalue weighted by Crippen LogP contribution is -2.43. The van der Waals surface area contributed by atoms with E-state index in [2.05, 4.69) is 28.1 Å². The number of benzene rings is 2. The van der Waals surface area contributed by atoms with Crippen LogP contribution in [0.25, 0.3) is 22.0 Å². The Morgan fingerprint density at radius 2 is 1.72 bits per heavy atom. The van der Waals surface area contributed by atoms with Crippen molar-refractivity contribution in [1.29, 1.82) is 0 Å². The molecule has 5 nitrogen and oxygen atoms in total. The molecule has 5 rings (SSSR count). The van der Waals surface area contributed by atoms with Crippen molar-refractivity contribution >= 4 is 16.8 Å². The van der Waals surface area contributed by atoms with Crippen LogP contribution in [0.3, 0.4) is 0 Å². The van der Waals surface area contributed by atoms with Gasteiger partial charge in [0.15, 0.2) is 0 Å². The topological polar surface area (TPSA) is 51.7 Å². The molecule has 1 saturated carbocycles. The maximum Gasteiger partial charge on any atom is 0.225 e. The molecule has 32 heavy (non-hydrogen) atoms. The Morgan fingerprint density at radius 1 is 0.969 bits per heavy atom. The molecule has 3 aromatic rings. The normalized spacial score (nSPS) is 17.6. The zero-order valence-electron chi connectivity index (χ0n) is 18.6. The summed E-state index contributed by atoms with van der Waals surface area (Å²) < 4.78 is 11.7. The van der Waals surface area contributed by atoms with Crippen LogP contribution in [0.15, 0.2) is 54.7 Å². The van der Waals surface area contributed by atoms with Crippen molar-refractivity contribution in [1.82, 2.24) is 9.88 Å². The minimum atomic E-state index is 0.167. The average Bonchev–Trinajstić information content (AvgIpc) is 3.39. The van der Waals surface area contributed by atoms with E-state index in [0.717, 1.165) is 72.3 Å². The summed E-state index contributed by atoms with van der Waals surface area (Å²) in [5, 5.41) is 1.01. The third kappa shape index (κ3) is 4.29. The van der Waals surface area contributed by atoms with E-state index >= 15 is 0 Å². The second kappa shape index (κ2) is 9.19. The van der Waals surface area contributed by atoms with E-state index in [0.29, 0.717) is 5.91 Å². The Balaban J connectivity index is 1.21. The van der Waals surface area contributed by atoms with Crippen LogP contribution in [-0.2, 0) is 4.79 Å². The molecule has 1 saturated heterocycles. The molecule has 1 aliphatic carbocycles. The largest absolute Gasteiger partial charge is 0.496 e. The predicted octanol–water partition coefficient (Wildman–Crippen LogP) is 5.47. The third-order valence-corrected chi connectivity index (χ3v) is 6.85. The van der Waals surface area contributed by atoms with Crippen molar-refractivity contribution in [2.45, 2.75) is 44.6 Å². The van der Waals surface area contributed by atoms with Gasteiger partial charge in [-0.15, -0.1) is 0 Å². The van der Waals surface area contributed by atoms with Crippen molar-refractivity contribution in [3.05, 3.63) is 54.7 Å². The molecule has 1 aromatic heterocycles. The number of aromatic nitrogens is 1. The van der Waals surface area contributed by atoms with Gasteiger partial charge in [0, 0.05) is 49.0 Å². The van der Waals surface area contributed by atoms with Crippen LogP contribution < -0.4 is 9.47 Å². The molecule has 2 aliphatic rings. The predicted molar refractivity (Wildman–Crippen MR) is 126 cm³/mol. The zero-order chi connectivity index (χ0) is 21.9. The summed E-state index contributed by atoms with van der Waals surface area (Å²) in [5.41, 5.74) is 3.06. The Morgan fingerprint density at radius 3 is 2.44 bits per heavy atom. The van der Waals surface area contributed by atoms with Crippen LogP contribution in [0.1, 0.15) is 38.5 Å². The second-order valence-electron chi connectivity index (χ2n) is 8.90. The summed E-state index contributed by atoms with van der Waals surface area (Å²) in [6.45, 7) is 1.62. The lowest BCUT2D eigenvalue weighted by atomic mass is 10.0. The number of ether oxygens (including phenoxy) is 2. The molecule has 0 radical (unpaired) electrons. The van der Waals surface area contributed by atoms with Gasteiger partial charge in [-0.1, -0.05) is 31.0 Å². The van der Waals surface area contributed by atoms with Gasteiger partial charge >= 0.3 is 0 Å². The first-order valence-corrected chi connectivity index (χ1v) is 11.7. The van der Waals surface area contributed by atoms with Gasteiger partial charge in [-0.2, -0.15) is 0 Å². The van der Waals surface area contributed by atoms with Gasteiger partial charge in [-0.3, -0.25) is 9.78 Å². The maximum atomic E-state index is 12.6. The Hall–Kier alpha value is -3.08. The Labute approximate surface area is 189 Å². The van der Waals surface area contributed by atoms with Crippen molar-refractivity contribution in [3.8, 4) is 22.6 Å². The van der Waals surface area contributed by atoms with Crippen LogP contribution in [0.4, 0.5) is 0 Å². The minimum absolute atomic E-state index is 0.167. The molecule has 5 heteroatoms. The monoisotopic (exact) mass is 430 g/mol. The van der Waals surface area contributed by atoms with E-state index in [-0.39, 0.29) is 12.0 Å². The molecule has 0 spiro atoms. The highest BCUT2D eigenvalue weighted by Gasteiger charge is 2.30. The fourth-order valence-corrected chi connectivity index (χ4v) is 5.00. The van der Waals surface area contributed by atoms with E-state index < -0.39 is 0 Å². The molecular weight excluding hydrogens is 400 g/mol. The third-order valence-electron chi connectivity index (χ3n) is 6.85. The number of fused-ring (bicyclic) bond motifs is 1. The number of nitrogens with zero attached hydrogens (tertiary/aromatic N) is 2. The quantitative estimate of drug-likeness (QED) is 0.539. The summed E-state index contributed by atoms with van der Waals surface area (Å²) in [4.78, 5) is 19.3. The number of carbonyl (C=O) groups is 1. The number of likely N-dealkylation sites (tertiary alicyclic amines) is 1. The first kappa shape index (κ1) is 20.8. The van der Waals surface area contributed by atoms with E-state index in [4.69, 9.17) is 9.47 Å². The zero-order valence-corrected chi connectivity index (χ0v) is 18.6. The van der Waals surface area contributed by atoms with E-state index in [1.165, 1.54) is 12.8 Å². The summed E-state index contributed by atoms with van der Waals surface area (Å²) in [5.74, 6) is 2.34. The number of carbonyl (C=O) groups excluding carboxylic acids is 1. The Kier molecular flexibility index (Phi) is 5.97. The van der Waals surface area contributed by atoms with Crippen molar-refractivity contribution in [3.63, 3.8) is 0 Å². The maximum absolute atomic E-state index is 12.6. The van der Waals surface area contributed by atoms with Gasteiger partial charge in [0.2, 0.25) is 5.91 Å². The first-order chi connectivity index (χ1) is 15.7. The number of rotatable bonds is 5.